The third-order valence-electron chi connectivity index (χ3n) is 1.08. The monoisotopic (exact) mass is 134 g/mol. The van der Waals surface area contributed by atoms with Gasteiger partial charge < -0.3 is 0 Å². The van der Waals surface area contributed by atoms with Crippen molar-refractivity contribution in [3.63, 3.8) is 0 Å². The third-order valence-corrected chi connectivity index (χ3v) is 1.08. The first kappa shape index (κ1) is 6.93. The van der Waals surface area contributed by atoms with Crippen LogP contribution in [0, 0.1) is 0 Å². The van der Waals surface area contributed by atoms with Crippen LogP contribution in [0.3, 0.4) is 0 Å². The normalized spacial score (nSPS) is 30.4. The molecule has 0 aliphatic carbocycles. The number of rotatable bonds is 0. The smallest absolute Gasteiger partial charge is 0.0742 e. The van der Waals surface area contributed by atoms with Crippen LogP contribution in [0.1, 0.15) is 6.42 Å². The summed E-state index contributed by atoms with van der Waals surface area (Å²) < 4.78 is 0. The minimum Gasteiger partial charge on any atom is -0.287 e. The molecule has 0 N–H and O–H groups in total. The molecule has 0 saturated carbocycles. The second kappa shape index (κ2) is 4.68. The number of nitrogens with zero attached hydrogens (tertiary/aromatic N) is 2. The Balaban J connectivity index is 2.50. The summed E-state index contributed by atoms with van der Waals surface area (Å²) in [6, 6.07) is 0. The Morgan fingerprint density at radius 1 is 1.20 bits per heavy atom. The first-order valence-electron chi connectivity index (χ1n) is 3.32. The first-order valence-corrected chi connectivity index (χ1v) is 3.32. The van der Waals surface area contributed by atoms with Crippen LogP contribution < -0.4 is 0 Å². The molecule has 52 valence electrons. The molecule has 0 aromatic rings. The molecule has 0 unspecified atom stereocenters. The van der Waals surface area contributed by atoms with Crippen molar-refractivity contribution >= 4 is 12.4 Å². The van der Waals surface area contributed by atoms with Crippen molar-refractivity contribution in [3.05, 3.63) is 24.4 Å². The Labute approximate surface area is 60.7 Å². The van der Waals surface area contributed by atoms with E-state index >= 15 is 0 Å². The van der Waals surface area contributed by atoms with Crippen LogP contribution in [0.15, 0.2) is 34.4 Å². The second-order valence-electron chi connectivity index (χ2n) is 1.89. The maximum Gasteiger partial charge on any atom is 0.0742 e. The van der Waals surface area contributed by atoms with E-state index in [-0.39, 0.29) is 0 Å². The summed E-state index contributed by atoms with van der Waals surface area (Å²) in [7, 11) is 0. The molecule has 0 atom stereocenters. The summed E-state index contributed by atoms with van der Waals surface area (Å²) in [5, 5.41) is 0. The molecule has 0 spiro atoms. The molecular weight excluding hydrogens is 124 g/mol. The number of aliphatic imine (C=N–C) groups is 2. The summed E-state index contributed by atoms with van der Waals surface area (Å²) in [4.78, 5) is 8.02. The predicted molar refractivity (Wildman–Crippen MR) is 44.7 cm³/mol. The lowest BCUT2D eigenvalue weighted by molar-refractivity contribution is 1.30. The van der Waals surface area contributed by atoms with Crippen molar-refractivity contribution in [2.45, 2.75) is 6.42 Å². The van der Waals surface area contributed by atoms with Gasteiger partial charge in [0.15, 0.2) is 0 Å². The van der Waals surface area contributed by atoms with Gasteiger partial charge in [-0.2, -0.15) is 0 Å². The largest absolute Gasteiger partial charge is 0.287 e. The predicted octanol–water partition coefficient (Wildman–Crippen LogP) is 1.60. The molecule has 0 fully saturated rings. The zero-order valence-electron chi connectivity index (χ0n) is 5.77. The Hall–Kier alpha value is -1.18. The highest BCUT2D eigenvalue weighted by Crippen LogP contribution is 1.86. The van der Waals surface area contributed by atoms with Gasteiger partial charge in [0, 0.05) is 18.6 Å². The molecule has 2 heteroatoms. The SMILES string of the molecule is C1=C\C/C=C\N=C/C\N=C/1. The zero-order valence-corrected chi connectivity index (χ0v) is 5.77. The number of allylic oxidation sites excluding steroid dienone is 3. The van der Waals surface area contributed by atoms with Gasteiger partial charge in [0.1, 0.15) is 0 Å². The van der Waals surface area contributed by atoms with Crippen LogP contribution >= 0.6 is 0 Å². The van der Waals surface area contributed by atoms with E-state index in [9.17, 15) is 0 Å². The van der Waals surface area contributed by atoms with Crippen LogP contribution in [0.5, 0.6) is 0 Å². The molecule has 1 rings (SSSR count). The summed E-state index contributed by atoms with van der Waals surface area (Å²) in [6.45, 7) is 0.675. The van der Waals surface area contributed by atoms with Gasteiger partial charge in [-0.05, 0) is 12.5 Å². The van der Waals surface area contributed by atoms with Crippen LogP contribution in [0.4, 0.5) is 0 Å². The van der Waals surface area contributed by atoms with Crippen molar-refractivity contribution in [1.29, 1.82) is 0 Å². The molecule has 1 aliphatic heterocycles. The minimum atomic E-state index is 0.675. The summed E-state index contributed by atoms with van der Waals surface area (Å²) in [6.07, 6.45) is 12.3. The molecule has 2 nitrogen and oxygen atoms in total. The summed E-state index contributed by atoms with van der Waals surface area (Å²) >= 11 is 0. The fourth-order valence-electron chi connectivity index (χ4n) is 0.617. The fraction of sp³-hybridized carbons (Fsp3) is 0.250. The topological polar surface area (TPSA) is 24.7 Å². The molecule has 0 saturated heterocycles. The van der Waals surface area contributed by atoms with Crippen molar-refractivity contribution in [1.82, 2.24) is 0 Å². The molecule has 0 aromatic carbocycles. The Bertz CT molecular complexity index is 145. The highest BCUT2D eigenvalue weighted by Gasteiger charge is 1.73. The van der Waals surface area contributed by atoms with Gasteiger partial charge in [0.25, 0.3) is 0 Å². The van der Waals surface area contributed by atoms with E-state index in [4.69, 9.17) is 0 Å². The summed E-state index contributed by atoms with van der Waals surface area (Å²) in [5.74, 6) is 0. The van der Waals surface area contributed by atoms with Gasteiger partial charge in [0.05, 0.1) is 6.54 Å². The molecule has 0 aromatic heterocycles. The lowest BCUT2D eigenvalue weighted by atomic mass is 10.4. The van der Waals surface area contributed by atoms with Crippen molar-refractivity contribution in [3.8, 4) is 0 Å². The Kier molecular flexibility index (Phi) is 3.24. The van der Waals surface area contributed by atoms with E-state index in [1.165, 1.54) is 0 Å². The van der Waals surface area contributed by atoms with Crippen molar-refractivity contribution < 1.29 is 0 Å². The maximum absolute atomic E-state index is 4.04. The standard InChI is InChI=1S/C8H10N2/c1-2-4-6-10-8-7-9-5-3-1/h1,3-6,8H,2,7H2/b3-1-,6-4-,9-5-,10-8-. The lowest BCUT2D eigenvalue weighted by Gasteiger charge is -1.83. The van der Waals surface area contributed by atoms with Crippen molar-refractivity contribution in [2.75, 3.05) is 6.54 Å². The van der Waals surface area contributed by atoms with Crippen molar-refractivity contribution in [2.24, 2.45) is 9.98 Å². The van der Waals surface area contributed by atoms with E-state index < -0.39 is 0 Å². The highest BCUT2D eigenvalue weighted by molar-refractivity contribution is 5.73. The molecule has 0 bridgehead atoms. The molecule has 1 heterocycles. The molecule has 1 aliphatic rings. The quantitative estimate of drug-likeness (QED) is 0.480. The first-order chi connectivity index (χ1) is 5.00. The maximum atomic E-state index is 4.04. The van der Waals surface area contributed by atoms with Crippen LogP contribution in [0.2, 0.25) is 0 Å². The number of hydrogen-bond acceptors (Lipinski definition) is 2. The molecular formula is C8H10N2. The van der Waals surface area contributed by atoms with Crippen LogP contribution in [-0.2, 0) is 0 Å². The van der Waals surface area contributed by atoms with E-state index in [1.54, 1.807) is 18.6 Å². The zero-order chi connectivity index (χ0) is 7.07. The molecule has 0 amide bonds. The third kappa shape index (κ3) is 2.97. The van der Waals surface area contributed by atoms with E-state index in [0.717, 1.165) is 6.42 Å². The fourth-order valence-corrected chi connectivity index (χ4v) is 0.617. The minimum absolute atomic E-state index is 0.675. The van der Waals surface area contributed by atoms with E-state index in [2.05, 4.69) is 9.98 Å². The van der Waals surface area contributed by atoms with Gasteiger partial charge in [0.2, 0.25) is 0 Å². The van der Waals surface area contributed by atoms with Crippen LogP contribution in [-0.4, -0.2) is 19.0 Å². The van der Waals surface area contributed by atoms with Gasteiger partial charge in [-0.3, -0.25) is 9.98 Å². The van der Waals surface area contributed by atoms with E-state index in [0.29, 0.717) is 6.54 Å². The van der Waals surface area contributed by atoms with Gasteiger partial charge >= 0.3 is 0 Å². The Morgan fingerprint density at radius 2 is 2.20 bits per heavy atom. The number of hydrogen-bond donors (Lipinski definition) is 0. The molecule has 0 radical (unpaired) electrons. The second-order valence-corrected chi connectivity index (χ2v) is 1.89. The summed E-state index contributed by atoms with van der Waals surface area (Å²) in [5.41, 5.74) is 0. The van der Waals surface area contributed by atoms with Gasteiger partial charge in [-0.15, -0.1) is 0 Å². The highest BCUT2D eigenvalue weighted by atomic mass is 14.7. The molecule has 10 heavy (non-hydrogen) atoms. The Morgan fingerprint density at radius 3 is 3.20 bits per heavy atom. The van der Waals surface area contributed by atoms with Crippen LogP contribution in [0.25, 0.3) is 0 Å². The lowest BCUT2D eigenvalue weighted by Crippen LogP contribution is -1.80. The van der Waals surface area contributed by atoms with Gasteiger partial charge in [-0.1, -0.05) is 12.2 Å². The average molecular weight is 134 g/mol. The van der Waals surface area contributed by atoms with E-state index in [1.807, 2.05) is 18.2 Å². The average Bonchev–Trinajstić information content (AvgIpc) is 2.01. The van der Waals surface area contributed by atoms with Gasteiger partial charge in [-0.25, -0.2) is 0 Å².